The van der Waals surface area contributed by atoms with Crippen LogP contribution in [0, 0.1) is 24.2 Å². The van der Waals surface area contributed by atoms with E-state index in [1.54, 1.807) is 10.9 Å². The van der Waals surface area contributed by atoms with Gasteiger partial charge in [0.1, 0.15) is 0 Å². The number of nitriles is 1. The van der Waals surface area contributed by atoms with Crippen molar-refractivity contribution in [1.82, 2.24) is 34.2 Å². The van der Waals surface area contributed by atoms with E-state index in [-0.39, 0.29) is 5.54 Å². The smallest absolute Gasteiger partial charge is 0.0999 e. The third kappa shape index (κ3) is 2.81. The van der Waals surface area contributed by atoms with Gasteiger partial charge in [0.25, 0.3) is 0 Å². The molecule has 1 aliphatic rings. The summed E-state index contributed by atoms with van der Waals surface area (Å²) in [5.41, 5.74) is 5.17. The fourth-order valence-corrected chi connectivity index (χ4v) is 4.52. The van der Waals surface area contributed by atoms with Crippen molar-refractivity contribution in [2.24, 2.45) is 13.0 Å². The molecule has 0 radical (unpaired) electrons. The summed E-state index contributed by atoms with van der Waals surface area (Å²) in [6.07, 6.45) is 12.0. The highest BCUT2D eigenvalue weighted by Gasteiger charge is 2.44. The minimum Gasteiger partial charge on any atom is -0.275 e. The Kier molecular flexibility index (Phi) is 3.81. The van der Waals surface area contributed by atoms with Crippen LogP contribution in [0.4, 0.5) is 0 Å². The predicted octanol–water partition coefficient (Wildman–Crippen LogP) is 3.34. The average molecular weight is 386 g/mol. The Morgan fingerprint density at radius 2 is 1.97 bits per heavy atom. The van der Waals surface area contributed by atoms with Crippen LogP contribution in [0.3, 0.4) is 0 Å². The van der Waals surface area contributed by atoms with Crippen LogP contribution in [0.2, 0.25) is 0 Å². The van der Waals surface area contributed by atoms with Gasteiger partial charge >= 0.3 is 0 Å². The minimum atomic E-state index is -0.195. The SMILES string of the molecule is Cc1cc2c(-c3cnn(C4(CC#N)CC(C)C4)c3)nc(-c3cnn(C)c3)cn2n1. The molecule has 0 N–H and O–H groups in total. The van der Waals surface area contributed by atoms with Gasteiger partial charge in [-0.2, -0.15) is 20.6 Å². The Morgan fingerprint density at radius 3 is 2.66 bits per heavy atom. The summed E-state index contributed by atoms with van der Waals surface area (Å²) in [6, 6.07) is 4.38. The Balaban J connectivity index is 1.63. The second-order valence-corrected chi connectivity index (χ2v) is 8.24. The molecule has 8 heteroatoms. The van der Waals surface area contributed by atoms with Gasteiger partial charge in [0.15, 0.2) is 0 Å². The normalized spacial score (nSPS) is 21.2. The number of fused-ring (bicyclic) bond motifs is 1. The summed E-state index contributed by atoms with van der Waals surface area (Å²) < 4.78 is 5.61. The van der Waals surface area contributed by atoms with Gasteiger partial charge < -0.3 is 0 Å². The molecule has 1 aliphatic carbocycles. The molecule has 8 nitrogen and oxygen atoms in total. The first-order chi connectivity index (χ1) is 14.0. The van der Waals surface area contributed by atoms with Crippen LogP contribution >= 0.6 is 0 Å². The summed E-state index contributed by atoms with van der Waals surface area (Å²) in [5, 5.41) is 22.8. The molecular formula is C21H22N8. The second kappa shape index (κ2) is 6.27. The van der Waals surface area contributed by atoms with Crippen LogP contribution in [-0.4, -0.2) is 34.2 Å². The van der Waals surface area contributed by atoms with Gasteiger partial charge in [-0.1, -0.05) is 6.92 Å². The van der Waals surface area contributed by atoms with Gasteiger partial charge in [0, 0.05) is 30.6 Å². The van der Waals surface area contributed by atoms with Gasteiger partial charge in [-0.3, -0.25) is 9.36 Å². The summed E-state index contributed by atoms with van der Waals surface area (Å²) in [7, 11) is 1.89. The zero-order chi connectivity index (χ0) is 20.2. The molecule has 29 heavy (non-hydrogen) atoms. The summed E-state index contributed by atoms with van der Waals surface area (Å²) in [4.78, 5) is 4.94. The first kappa shape index (κ1) is 17.6. The molecule has 0 bridgehead atoms. The van der Waals surface area contributed by atoms with Crippen molar-refractivity contribution in [3.05, 3.63) is 42.7 Å². The number of rotatable bonds is 4. The van der Waals surface area contributed by atoms with Crippen molar-refractivity contribution in [2.45, 2.75) is 38.6 Å². The van der Waals surface area contributed by atoms with E-state index in [0.717, 1.165) is 46.6 Å². The lowest BCUT2D eigenvalue weighted by Crippen LogP contribution is -2.45. The first-order valence-electron chi connectivity index (χ1n) is 9.76. The number of aromatic nitrogens is 7. The number of hydrogen-bond donors (Lipinski definition) is 0. The molecule has 0 spiro atoms. The summed E-state index contributed by atoms with van der Waals surface area (Å²) in [6.45, 7) is 4.19. The standard InChI is InChI=1S/C21H22N8/c1-14-7-21(8-14,4-5-22)29-12-17(10-24-29)20-19-6-15(2)26-28(19)13-18(25-20)16-9-23-27(3)11-16/h6,9-14H,4,7-8H2,1-3H3. The Labute approximate surface area is 168 Å². The van der Waals surface area contributed by atoms with Crippen LogP contribution in [-0.2, 0) is 12.6 Å². The van der Waals surface area contributed by atoms with E-state index >= 15 is 0 Å². The fourth-order valence-electron chi connectivity index (χ4n) is 4.52. The lowest BCUT2D eigenvalue weighted by molar-refractivity contribution is 0.0682. The molecule has 4 heterocycles. The zero-order valence-corrected chi connectivity index (χ0v) is 16.7. The lowest BCUT2D eigenvalue weighted by atomic mass is 9.67. The third-order valence-electron chi connectivity index (χ3n) is 5.78. The maximum Gasteiger partial charge on any atom is 0.0999 e. The molecule has 146 valence electrons. The van der Waals surface area contributed by atoms with Crippen molar-refractivity contribution >= 4 is 5.52 Å². The maximum absolute atomic E-state index is 9.32. The third-order valence-corrected chi connectivity index (χ3v) is 5.78. The van der Waals surface area contributed by atoms with E-state index in [4.69, 9.17) is 4.98 Å². The molecule has 1 fully saturated rings. The monoisotopic (exact) mass is 386 g/mol. The van der Waals surface area contributed by atoms with E-state index in [0.29, 0.717) is 12.3 Å². The number of hydrogen-bond acceptors (Lipinski definition) is 5. The molecular weight excluding hydrogens is 364 g/mol. The molecule has 4 aromatic rings. The summed E-state index contributed by atoms with van der Waals surface area (Å²) >= 11 is 0. The minimum absolute atomic E-state index is 0.195. The van der Waals surface area contributed by atoms with Gasteiger partial charge in [-0.15, -0.1) is 0 Å². The predicted molar refractivity (Wildman–Crippen MR) is 108 cm³/mol. The fraction of sp³-hybridized carbons (Fsp3) is 0.381. The van der Waals surface area contributed by atoms with Gasteiger partial charge in [-0.05, 0) is 31.7 Å². The van der Waals surface area contributed by atoms with Crippen LogP contribution < -0.4 is 0 Å². The highest BCUT2D eigenvalue weighted by atomic mass is 15.3. The van der Waals surface area contributed by atoms with E-state index < -0.39 is 0 Å². The van der Waals surface area contributed by atoms with Crippen molar-refractivity contribution in [3.8, 4) is 28.6 Å². The molecule has 0 amide bonds. The Hall–Kier alpha value is -3.47. The molecule has 0 aromatic carbocycles. The molecule has 5 rings (SSSR count). The van der Waals surface area contributed by atoms with Crippen LogP contribution in [0.15, 0.2) is 37.1 Å². The second-order valence-electron chi connectivity index (χ2n) is 8.24. The first-order valence-corrected chi connectivity index (χ1v) is 9.76. The van der Waals surface area contributed by atoms with Crippen molar-refractivity contribution in [3.63, 3.8) is 0 Å². The largest absolute Gasteiger partial charge is 0.275 e. The average Bonchev–Trinajstić information content (AvgIpc) is 3.38. The molecule has 0 unspecified atom stereocenters. The molecule has 1 saturated carbocycles. The van der Waals surface area contributed by atoms with E-state index in [1.165, 1.54) is 0 Å². The molecule has 0 aliphatic heterocycles. The van der Waals surface area contributed by atoms with E-state index in [2.05, 4.69) is 28.3 Å². The summed E-state index contributed by atoms with van der Waals surface area (Å²) in [5.74, 6) is 0.618. The Bertz CT molecular complexity index is 1250. The van der Waals surface area contributed by atoms with Gasteiger partial charge in [0.05, 0.1) is 59.2 Å². The van der Waals surface area contributed by atoms with Crippen molar-refractivity contribution < 1.29 is 0 Å². The van der Waals surface area contributed by atoms with Crippen LogP contribution in [0.5, 0.6) is 0 Å². The van der Waals surface area contributed by atoms with Gasteiger partial charge in [0.2, 0.25) is 0 Å². The molecule has 4 aromatic heterocycles. The quantitative estimate of drug-likeness (QED) is 0.537. The van der Waals surface area contributed by atoms with Gasteiger partial charge in [-0.25, -0.2) is 9.50 Å². The maximum atomic E-state index is 9.32. The lowest BCUT2D eigenvalue weighted by Gasteiger charge is -2.45. The zero-order valence-electron chi connectivity index (χ0n) is 16.7. The van der Waals surface area contributed by atoms with E-state index in [9.17, 15) is 5.26 Å². The number of nitrogens with zero attached hydrogens (tertiary/aromatic N) is 8. The Morgan fingerprint density at radius 1 is 1.17 bits per heavy atom. The van der Waals surface area contributed by atoms with Crippen LogP contribution in [0.25, 0.3) is 28.0 Å². The highest BCUT2D eigenvalue weighted by molar-refractivity contribution is 5.78. The highest BCUT2D eigenvalue weighted by Crippen LogP contribution is 2.46. The van der Waals surface area contributed by atoms with E-state index in [1.807, 2.05) is 54.0 Å². The number of aryl methyl sites for hydroxylation is 2. The van der Waals surface area contributed by atoms with Crippen molar-refractivity contribution in [2.75, 3.05) is 0 Å². The topological polar surface area (TPSA) is 89.6 Å². The molecule has 0 saturated heterocycles. The van der Waals surface area contributed by atoms with Crippen molar-refractivity contribution in [1.29, 1.82) is 5.26 Å². The van der Waals surface area contributed by atoms with Crippen LogP contribution in [0.1, 0.15) is 31.9 Å². The molecule has 0 atom stereocenters.